The lowest BCUT2D eigenvalue weighted by Gasteiger charge is -2.32. The van der Waals surface area contributed by atoms with Crippen LogP contribution in [0.3, 0.4) is 0 Å². The van der Waals surface area contributed by atoms with Crippen LogP contribution in [0.15, 0.2) is 12.2 Å². The number of ether oxygens (including phenoxy) is 1. The number of hydrogen-bond donors (Lipinski definition) is 1. The van der Waals surface area contributed by atoms with Crippen LogP contribution in [0.5, 0.6) is 0 Å². The van der Waals surface area contributed by atoms with E-state index >= 15 is 0 Å². The third-order valence-corrected chi connectivity index (χ3v) is 4.01. The highest BCUT2D eigenvalue weighted by atomic mass is 16.5. The predicted molar refractivity (Wildman–Crippen MR) is 66.7 cm³/mol. The number of carbonyl (C=O) groups is 2. The first kappa shape index (κ1) is 12.7. The predicted octanol–water partition coefficient (Wildman–Crippen LogP) is 1.52. The first-order valence-electron chi connectivity index (χ1n) is 6.12. The second-order valence-corrected chi connectivity index (χ2v) is 5.04. The second-order valence-electron chi connectivity index (χ2n) is 5.04. The summed E-state index contributed by atoms with van der Waals surface area (Å²) in [5.74, 6) is 3.06. The average Bonchev–Trinajstić information content (AvgIpc) is 2.94. The van der Waals surface area contributed by atoms with E-state index in [1.165, 1.54) is 0 Å². The number of alkyl carbamates (subject to hydrolysis) is 1. The molecule has 0 aromatic rings. The molecule has 18 heavy (non-hydrogen) atoms. The fourth-order valence-corrected chi connectivity index (χ4v) is 3.00. The van der Waals surface area contributed by atoms with Crippen molar-refractivity contribution < 1.29 is 14.3 Å². The lowest BCUT2D eigenvalue weighted by molar-refractivity contribution is -0.130. The number of Topliss-reactive ketones (excluding diaryl/α,β-unsaturated/α-hetero) is 1. The molecule has 96 valence electrons. The quantitative estimate of drug-likeness (QED) is 0.605. The molecule has 2 bridgehead atoms. The van der Waals surface area contributed by atoms with E-state index in [1.807, 2.05) is 0 Å². The van der Waals surface area contributed by atoms with E-state index in [4.69, 9.17) is 11.2 Å². The summed E-state index contributed by atoms with van der Waals surface area (Å²) in [4.78, 5) is 23.3. The van der Waals surface area contributed by atoms with Gasteiger partial charge in [0.15, 0.2) is 0 Å². The number of allylic oxidation sites excluding steroid dienone is 2. The van der Waals surface area contributed by atoms with Crippen LogP contribution in [0, 0.1) is 29.6 Å². The van der Waals surface area contributed by atoms with E-state index in [-0.39, 0.29) is 24.9 Å². The zero-order chi connectivity index (χ0) is 13.2. The molecule has 4 heteroatoms. The molecule has 2 aliphatic rings. The van der Waals surface area contributed by atoms with Crippen LogP contribution in [0.2, 0.25) is 0 Å². The lowest BCUT2D eigenvalue weighted by Crippen LogP contribution is -2.40. The number of fused-ring (bicyclic) bond motifs is 2. The summed E-state index contributed by atoms with van der Waals surface area (Å²) < 4.78 is 5.14. The Morgan fingerprint density at radius 2 is 2.33 bits per heavy atom. The van der Waals surface area contributed by atoms with E-state index in [0.717, 1.165) is 12.8 Å². The van der Waals surface area contributed by atoms with Crippen molar-refractivity contribution in [2.45, 2.75) is 19.8 Å². The lowest BCUT2D eigenvalue weighted by atomic mass is 9.73. The fourth-order valence-electron chi connectivity index (χ4n) is 3.00. The zero-order valence-electron chi connectivity index (χ0n) is 10.4. The molecule has 2 rings (SSSR count). The molecule has 0 radical (unpaired) electrons. The van der Waals surface area contributed by atoms with E-state index in [9.17, 15) is 9.59 Å². The molecule has 0 aromatic heterocycles. The Morgan fingerprint density at radius 1 is 1.56 bits per heavy atom. The summed E-state index contributed by atoms with van der Waals surface area (Å²) in [6.45, 7) is 1.86. The molecule has 3 atom stereocenters. The Morgan fingerprint density at radius 3 is 2.83 bits per heavy atom. The largest absolute Gasteiger partial charge is 0.448 e. The Hall–Kier alpha value is -1.76. The Labute approximate surface area is 107 Å². The van der Waals surface area contributed by atoms with Gasteiger partial charge in [0.05, 0.1) is 12.0 Å². The molecule has 1 saturated carbocycles. The van der Waals surface area contributed by atoms with Gasteiger partial charge in [-0.3, -0.25) is 4.79 Å². The maximum atomic E-state index is 11.9. The first-order chi connectivity index (χ1) is 8.58. The van der Waals surface area contributed by atoms with Crippen molar-refractivity contribution in [2.75, 3.05) is 13.2 Å². The number of carbonyl (C=O) groups excluding carboxylic acids is 2. The van der Waals surface area contributed by atoms with Gasteiger partial charge in [-0.1, -0.05) is 18.1 Å². The van der Waals surface area contributed by atoms with Crippen molar-refractivity contribution in [1.29, 1.82) is 0 Å². The van der Waals surface area contributed by atoms with E-state index in [1.54, 1.807) is 6.92 Å². The SMILES string of the molecule is C#CCNC(=O)OCC1(C(C)=O)CC2C=CC1C2. The standard InChI is InChI=1S/C14H17NO3/c1-3-6-15-13(17)18-9-14(10(2)16)8-11-4-5-12(14)7-11/h1,4-5,11-12H,6-9H2,2H3,(H,15,17). The number of terminal acetylenes is 1. The summed E-state index contributed by atoms with van der Waals surface area (Å²) in [7, 11) is 0. The van der Waals surface area contributed by atoms with Gasteiger partial charge in [0.1, 0.15) is 12.4 Å². The molecule has 3 unspecified atom stereocenters. The molecule has 0 saturated heterocycles. The number of nitrogens with one attached hydrogen (secondary N) is 1. The summed E-state index contributed by atoms with van der Waals surface area (Å²) in [5.41, 5.74) is -0.521. The van der Waals surface area contributed by atoms with Crippen molar-refractivity contribution in [1.82, 2.24) is 5.32 Å². The normalized spacial score (nSPS) is 32.0. The minimum Gasteiger partial charge on any atom is -0.448 e. The van der Waals surface area contributed by atoms with E-state index in [2.05, 4.69) is 23.4 Å². The van der Waals surface area contributed by atoms with E-state index < -0.39 is 11.5 Å². The Balaban J connectivity index is 1.97. The van der Waals surface area contributed by atoms with Crippen LogP contribution in [-0.4, -0.2) is 25.0 Å². The summed E-state index contributed by atoms with van der Waals surface area (Å²) in [6, 6.07) is 0. The van der Waals surface area contributed by atoms with Crippen molar-refractivity contribution in [3.05, 3.63) is 12.2 Å². The molecular formula is C14H17NO3. The molecule has 0 spiro atoms. The third kappa shape index (κ3) is 2.13. The molecule has 2 aliphatic carbocycles. The minimum absolute atomic E-state index is 0.101. The van der Waals surface area contributed by atoms with Crippen molar-refractivity contribution >= 4 is 11.9 Å². The average molecular weight is 247 g/mol. The van der Waals surface area contributed by atoms with Gasteiger partial charge in [0.2, 0.25) is 0 Å². The maximum absolute atomic E-state index is 11.9. The van der Waals surface area contributed by atoms with Gasteiger partial charge < -0.3 is 10.1 Å². The van der Waals surface area contributed by atoms with Crippen LogP contribution in [-0.2, 0) is 9.53 Å². The molecule has 4 nitrogen and oxygen atoms in total. The number of rotatable bonds is 4. The molecule has 1 N–H and O–H groups in total. The highest BCUT2D eigenvalue weighted by Crippen LogP contribution is 2.52. The molecule has 0 heterocycles. The van der Waals surface area contributed by atoms with E-state index in [0.29, 0.717) is 5.92 Å². The number of ketones is 1. The van der Waals surface area contributed by atoms with Crippen LogP contribution in [0.25, 0.3) is 0 Å². The molecular weight excluding hydrogens is 230 g/mol. The summed E-state index contributed by atoms with van der Waals surface area (Å²) in [5, 5.41) is 2.43. The van der Waals surface area contributed by atoms with Gasteiger partial charge in [-0.15, -0.1) is 6.42 Å². The highest BCUT2D eigenvalue weighted by molar-refractivity contribution is 5.84. The van der Waals surface area contributed by atoms with Crippen LogP contribution < -0.4 is 5.32 Å². The zero-order valence-corrected chi connectivity index (χ0v) is 10.4. The van der Waals surface area contributed by atoms with Gasteiger partial charge in [-0.25, -0.2) is 4.79 Å². The maximum Gasteiger partial charge on any atom is 0.407 e. The van der Waals surface area contributed by atoms with Crippen molar-refractivity contribution in [3.8, 4) is 12.3 Å². The first-order valence-corrected chi connectivity index (χ1v) is 6.12. The van der Waals surface area contributed by atoms with Crippen molar-refractivity contribution in [2.24, 2.45) is 17.3 Å². The smallest absolute Gasteiger partial charge is 0.407 e. The van der Waals surface area contributed by atoms with Crippen molar-refractivity contribution in [3.63, 3.8) is 0 Å². The van der Waals surface area contributed by atoms with Gasteiger partial charge >= 0.3 is 6.09 Å². The highest BCUT2D eigenvalue weighted by Gasteiger charge is 2.52. The van der Waals surface area contributed by atoms with Crippen LogP contribution in [0.4, 0.5) is 4.79 Å². The molecule has 0 aromatic carbocycles. The van der Waals surface area contributed by atoms with Gasteiger partial charge in [0.25, 0.3) is 0 Å². The molecule has 1 fully saturated rings. The van der Waals surface area contributed by atoms with Gasteiger partial charge in [-0.2, -0.15) is 0 Å². The molecule has 1 amide bonds. The van der Waals surface area contributed by atoms with Gasteiger partial charge in [-0.05, 0) is 31.6 Å². The summed E-state index contributed by atoms with van der Waals surface area (Å²) in [6.07, 6.45) is 10.5. The Bertz CT molecular complexity index is 435. The minimum atomic E-state index is -0.555. The van der Waals surface area contributed by atoms with Gasteiger partial charge in [0, 0.05) is 0 Å². The topological polar surface area (TPSA) is 55.4 Å². The monoisotopic (exact) mass is 247 g/mol. The second kappa shape index (κ2) is 4.85. The Kier molecular flexibility index (Phi) is 3.42. The van der Waals surface area contributed by atoms with Crippen LogP contribution in [0.1, 0.15) is 19.8 Å². The number of amides is 1. The number of hydrogen-bond acceptors (Lipinski definition) is 3. The summed E-state index contributed by atoms with van der Waals surface area (Å²) >= 11 is 0. The van der Waals surface area contributed by atoms with Crippen LogP contribution >= 0.6 is 0 Å². The fraction of sp³-hybridized carbons (Fsp3) is 0.571. The molecule has 0 aliphatic heterocycles. The third-order valence-electron chi connectivity index (χ3n) is 4.01.